The van der Waals surface area contributed by atoms with Gasteiger partial charge in [0.2, 0.25) is 0 Å². The first-order chi connectivity index (χ1) is 12.1. The number of benzene rings is 1. The van der Waals surface area contributed by atoms with Gasteiger partial charge in [-0.3, -0.25) is 0 Å². The van der Waals surface area contributed by atoms with Crippen molar-refractivity contribution in [1.29, 1.82) is 0 Å². The molecule has 5 nitrogen and oxygen atoms in total. The number of rotatable bonds is 2. The Labute approximate surface area is 149 Å². The number of halogens is 2. The summed E-state index contributed by atoms with van der Waals surface area (Å²) in [4.78, 5) is 11.6. The highest BCUT2D eigenvalue weighted by Crippen LogP contribution is 2.24. The molecule has 25 heavy (non-hydrogen) atoms. The number of methoxy groups -OCH3 is 1. The zero-order valence-electron chi connectivity index (χ0n) is 13.6. The quantitative estimate of drug-likeness (QED) is 0.605. The molecule has 0 N–H and O–H groups in total. The van der Waals surface area contributed by atoms with Crippen LogP contribution in [0.2, 0.25) is 5.02 Å². The van der Waals surface area contributed by atoms with Gasteiger partial charge in [0.1, 0.15) is 12.0 Å². The first-order valence-electron chi connectivity index (χ1n) is 7.83. The molecule has 1 unspecified atom stereocenters. The van der Waals surface area contributed by atoms with Gasteiger partial charge in [0.15, 0.2) is 0 Å². The molecule has 0 saturated carbocycles. The number of carbonyl (C=O) groups excluding carboxylic acids is 1. The number of esters is 1. The van der Waals surface area contributed by atoms with Crippen molar-refractivity contribution in [3.05, 3.63) is 52.1 Å². The van der Waals surface area contributed by atoms with E-state index in [9.17, 15) is 9.18 Å². The summed E-state index contributed by atoms with van der Waals surface area (Å²) >= 11 is 6.14. The predicted octanol–water partition coefficient (Wildman–Crippen LogP) is 3.56. The summed E-state index contributed by atoms with van der Waals surface area (Å²) in [5, 5.41) is 4.32. The van der Waals surface area contributed by atoms with Crippen LogP contribution in [0.3, 0.4) is 0 Å². The summed E-state index contributed by atoms with van der Waals surface area (Å²) < 4.78 is 25.7. The van der Waals surface area contributed by atoms with E-state index in [1.54, 1.807) is 17.1 Å². The van der Waals surface area contributed by atoms with Crippen LogP contribution in [0.1, 0.15) is 47.0 Å². The molecule has 1 fully saturated rings. The van der Waals surface area contributed by atoms with E-state index >= 15 is 0 Å². The average Bonchev–Trinajstić information content (AvgIpc) is 3.11. The number of nitrogens with zero attached hydrogens (tertiary/aromatic N) is 2. The van der Waals surface area contributed by atoms with Gasteiger partial charge in [-0.05, 0) is 31.4 Å². The fraction of sp³-hybridized carbons (Fsp3) is 0.333. The van der Waals surface area contributed by atoms with Gasteiger partial charge in [-0.25, -0.2) is 13.9 Å². The third-order valence-electron chi connectivity index (χ3n) is 3.84. The van der Waals surface area contributed by atoms with Crippen molar-refractivity contribution in [3.63, 3.8) is 0 Å². The van der Waals surface area contributed by atoms with E-state index in [-0.39, 0.29) is 22.4 Å². The summed E-state index contributed by atoms with van der Waals surface area (Å²) in [6, 6.07) is 2.20. The number of aromatic nitrogens is 2. The van der Waals surface area contributed by atoms with Crippen molar-refractivity contribution in [1.82, 2.24) is 9.78 Å². The van der Waals surface area contributed by atoms with Crippen molar-refractivity contribution in [3.8, 4) is 11.8 Å². The number of ether oxygens (including phenoxy) is 2. The molecule has 130 valence electrons. The van der Waals surface area contributed by atoms with Gasteiger partial charge in [-0.1, -0.05) is 23.4 Å². The van der Waals surface area contributed by atoms with E-state index < -0.39 is 11.8 Å². The van der Waals surface area contributed by atoms with Crippen molar-refractivity contribution >= 4 is 17.6 Å². The maximum Gasteiger partial charge on any atom is 0.339 e. The zero-order valence-corrected chi connectivity index (χ0v) is 14.3. The molecule has 0 aliphatic carbocycles. The SMILES string of the molecule is COC(=O)c1cc(F)cc(C#Cc2cnn(C3CCCCO3)c2)c1Cl. The molecule has 0 spiro atoms. The van der Waals surface area contributed by atoms with Crippen LogP contribution in [-0.2, 0) is 9.47 Å². The standard InChI is InChI=1S/C18H16ClFN2O3/c1-24-18(23)15-9-14(20)8-13(17(15)19)6-5-12-10-21-22(11-12)16-4-2-3-7-25-16/h8-11,16H,2-4,7H2,1H3. The molecule has 3 rings (SSSR count). The van der Waals surface area contributed by atoms with E-state index in [1.807, 2.05) is 0 Å². The molecule has 1 aliphatic rings. The third kappa shape index (κ3) is 4.01. The lowest BCUT2D eigenvalue weighted by molar-refractivity contribution is -0.0395. The fourth-order valence-corrected chi connectivity index (χ4v) is 2.80. The van der Waals surface area contributed by atoms with Gasteiger partial charge >= 0.3 is 5.97 Å². The third-order valence-corrected chi connectivity index (χ3v) is 4.24. The summed E-state index contributed by atoms with van der Waals surface area (Å²) in [6.45, 7) is 0.723. The van der Waals surface area contributed by atoms with Crippen molar-refractivity contribution in [2.24, 2.45) is 0 Å². The van der Waals surface area contributed by atoms with Crippen molar-refractivity contribution in [2.45, 2.75) is 25.5 Å². The van der Waals surface area contributed by atoms with Crippen LogP contribution in [0, 0.1) is 17.7 Å². The highest BCUT2D eigenvalue weighted by Gasteiger charge is 2.17. The van der Waals surface area contributed by atoms with E-state index in [0.29, 0.717) is 5.56 Å². The van der Waals surface area contributed by atoms with Crippen molar-refractivity contribution < 1.29 is 18.7 Å². The zero-order chi connectivity index (χ0) is 17.8. The molecule has 1 aromatic heterocycles. The molecule has 2 heterocycles. The van der Waals surface area contributed by atoms with Crippen LogP contribution in [0.5, 0.6) is 0 Å². The molecule has 0 bridgehead atoms. The van der Waals surface area contributed by atoms with Crippen LogP contribution < -0.4 is 0 Å². The molecule has 2 aromatic rings. The summed E-state index contributed by atoms with van der Waals surface area (Å²) in [5.41, 5.74) is 0.803. The molecule has 1 aliphatic heterocycles. The van der Waals surface area contributed by atoms with E-state index in [4.69, 9.17) is 16.3 Å². The smallest absolute Gasteiger partial charge is 0.339 e. The van der Waals surface area contributed by atoms with Gasteiger partial charge < -0.3 is 9.47 Å². The van der Waals surface area contributed by atoms with Crippen LogP contribution in [-0.4, -0.2) is 29.5 Å². The topological polar surface area (TPSA) is 53.3 Å². The Balaban J connectivity index is 1.85. The highest BCUT2D eigenvalue weighted by atomic mass is 35.5. The Hall–Kier alpha value is -2.36. The van der Waals surface area contributed by atoms with Gasteiger partial charge in [0.05, 0.1) is 29.5 Å². The molecular weight excluding hydrogens is 347 g/mol. The second kappa shape index (κ2) is 7.68. The van der Waals surface area contributed by atoms with Gasteiger partial charge in [0, 0.05) is 18.4 Å². The minimum absolute atomic E-state index is 0.0558. The highest BCUT2D eigenvalue weighted by molar-refractivity contribution is 6.34. The van der Waals surface area contributed by atoms with Gasteiger partial charge in [0.25, 0.3) is 0 Å². The molecule has 0 radical (unpaired) electrons. The molecular formula is C18H16ClFN2O3. The van der Waals surface area contributed by atoms with E-state index in [0.717, 1.165) is 31.9 Å². The summed E-state index contributed by atoms with van der Waals surface area (Å²) in [5.74, 6) is 4.34. The second-order valence-corrected chi connectivity index (χ2v) is 5.96. The first-order valence-corrected chi connectivity index (χ1v) is 8.21. The van der Waals surface area contributed by atoms with Crippen LogP contribution >= 0.6 is 11.6 Å². The van der Waals surface area contributed by atoms with E-state index in [1.165, 1.54) is 13.2 Å². The number of hydrogen-bond acceptors (Lipinski definition) is 4. The largest absolute Gasteiger partial charge is 0.465 e. The van der Waals surface area contributed by atoms with Gasteiger partial charge in [-0.2, -0.15) is 5.10 Å². The number of hydrogen-bond donors (Lipinski definition) is 0. The lowest BCUT2D eigenvalue weighted by atomic mass is 10.1. The van der Waals surface area contributed by atoms with E-state index in [2.05, 4.69) is 21.7 Å². The molecule has 1 atom stereocenters. The monoisotopic (exact) mass is 362 g/mol. The Bertz CT molecular complexity index is 848. The molecule has 0 amide bonds. The second-order valence-electron chi connectivity index (χ2n) is 5.59. The van der Waals surface area contributed by atoms with Gasteiger partial charge in [-0.15, -0.1) is 0 Å². The summed E-state index contributed by atoms with van der Waals surface area (Å²) in [6.07, 6.45) is 6.38. The molecule has 7 heteroatoms. The predicted molar refractivity (Wildman–Crippen MR) is 89.8 cm³/mol. The Morgan fingerprint density at radius 2 is 2.28 bits per heavy atom. The van der Waals surface area contributed by atoms with Crippen LogP contribution in [0.25, 0.3) is 0 Å². The molecule has 1 saturated heterocycles. The maximum atomic E-state index is 13.7. The number of carbonyl (C=O) groups is 1. The lowest BCUT2D eigenvalue weighted by Gasteiger charge is -2.22. The fourth-order valence-electron chi connectivity index (χ4n) is 2.57. The first kappa shape index (κ1) is 17.5. The minimum atomic E-state index is -0.713. The summed E-state index contributed by atoms with van der Waals surface area (Å²) in [7, 11) is 1.21. The molecule has 1 aromatic carbocycles. The Morgan fingerprint density at radius 1 is 1.44 bits per heavy atom. The van der Waals surface area contributed by atoms with Crippen LogP contribution in [0.4, 0.5) is 4.39 Å². The van der Waals surface area contributed by atoms with Crippen molar-refractivity contribution in [2.75, 3.05) is 13.7 Å². The normalized spacial score (nSPS) is 16.8. The lowest BCUT2D eigenvalue weighted by Crippen LogP contribution is -2.18. The maximum absolute atomic E-state index is 13.7. The Kier molecular flexibility index (Phi) is 5.37. The Morgan fingerprint density at radius 3 is 3.00 bits per heavy atom. The minimum Gasteiger partial charge on any atom is -0.465 e. The average molecular weight is 363 g/mol. The van der Waals surface area contributed by atoms with Crippen LogP contribution in [0.15, 0.2) is 24.5 Å².